The highest BCUT2D eigenvalue weighted by Gasteiger charge is 2.19. The number of carbonyl (C=O) groups is 1. The third-order valence-electron chi connectivity index (χ3n) is 1.95. The fourth-order valence-electron chi connectivity index (χ4n) is 1.23. The molecule has 1 aromatic rings. The zero-order valence-electron chi connectivity index (χ0n) is 9.57. The normalized spacial score (nSPS) is 12.3. The molecule has 0 spiro atoms. The van der Waals surface area contributed by atoms with E-state index in [2.05, 4.69) is 4.74 Å². The molecule has 1 unspecified atom stereocenters. The second-order valence-electron chi connectivity index (χ2n) is 3.62. The maximum Gasteiger partial charge on any atom is 0.345 e. The molecule has 0 aliphatic heterocycles. The van der Waals surface area contributed by atoms with Gasteiger partial charge in [0.1, 0.15) is 5.75 Å². The van der Waals surface area contributed by atoms with Gasteiger partial charge in [0.15, 0.2) is 0 Å². The summed E-state index contributed by atoms with van der Waals surface area (Å²) in [6.45, 7) is 3.81. The van der Waals surface area contributed by atoms with Gasteiger partial charge in [-0.3, -0.25) is 0 Å². The molecule has 0 amide bonds. The molecule has 0 fully saturated rings. The average Bonchev–Trinajstić information content (AvgIpc) is 2.27. The fraction of sp³-hybridized carbons (Fsp3) is 0.417. The zero-order chi connectivity index (χ0) is 12.1. The summed E-state index contributed by atoms with van der Waals surface area (Å²) < 4.78 is 23.1. The second-order valence-corrected chi connectivity index (χ2v) is 3.62. The van der Waals surface area contributed by atoms with Gasteiger partial charge < -0.3 is 9.47 Å². The lowest BCUT2D eigenvalue weighted by molar-refractivity contribution is -0.146. The minimum Gasteiger partial charge on any atom is -0.491 e. The topological polar surface area (TPSA) is 35.5 Å². The van der Waals surface area contributed by atoms with Gasteiger partial charge in [0.2, 0.25) is 6.17 Å². The van der Waals surface area contributed by atoms with Crippen LogP contribution in [-0.4, -0.2) is 19.2 Å². The molecule has 3 nitrogen and oxygen atoms in total. The lowest BCUT2D eigenvalue weighted by Gasteiger charge is -2.11. The summed E-state index contributed by atoms with van der Waals surface area (Å²) in [4.78, 5) is 10.9. The van der Waals surface area contributed by atoms with E-state index >= 15 is 0 Å². The molecule has 0 aromatic heterocycles. The molecule has 0 bridgehead atoms. The first-order valence-electron chi connectivity index (χ1n) is 5.03. The molecule has 0 saturated heterocycles. The van der Waals surface area contributed by atoms with Crippen LogP contribution in [0.25, 0.3) is 0 Å². The molecule has 0 aliphatic carbocycles. The largest absolute Gasteiger partial charge is 0.491 e. The third-order valence-corrected chi connectivity index (χ3v) is 1.95. The van der Waals surface area contributed by atoms with E-state index in [0.717, 1.165) is 7.11 Å². The quantitative estimate of drug-likeness (QED) is 0.740. The van der Waals surface area contributed by atoms with E-state index in [4.69, 9.17) is 4.74 Å². The Kier molecular flexibility index (Phi) is 4.28. The Hall–Kier alpha value is -1.58. The van der Waals surface area contributed by atoms with Crippen LogP contribution in [0.2, 0.25) is 0 Å². The summed E-state index contributed by atoms with van der Waals surface area (Å²) >= 11 is 0. The van der Waals surface area contributed by atoms with Gasteiger partial charge in [0.05, 0.1) is 13.2 Å². The highest BCUT2D eigenvalue weighted by atomic mass is 19.1. The van der Waals surface area contributed by atoms with E-state index in [0.29, 0.717) is 5.75 Å². The van der Waals surface area contributed by atoms with Crippen molar-refractivity contribution in [3.05, 3.63) is 29.8 Å². The lowest BCUT2D eigenvalue weighted by atomic mass is 10.1. The number of esters is 1. The first-order valence-corrected chi connectivity index (χ1v) is 5.03. The van der Waals surface area contributed by atoms with E-state index in [1.54, 1.807) is 12.1 Å². The highest BCUT2D eigenvalue weighted by Crippen LogP contribution is 2.22. The molecular formula is C12H15FO3. The van der Waals surface area contributed by atoms with Crippen molar-refractivity contribution in [1.82, 2.24) is 0 Å². The lowest BCUT2D eigenvalue weighted by Crippen LogP contribution is -2.10. The standard InChI is InChI=1S/C12H15FO3/c1-8(2)16-10-6-4-9(5-7-10)11(13)12(14)15-3/h4-8,11H,1-3H3. The zero-order valence-corrected chi connectivity index (χ0v) is 9.57. The molecule has 1 atom stereocenters. The number of benzene rings is 1. The van der Waals surface area contributed by atoms with Crippen LogP contribution in [0.1, 0.15) is 25.6 Å². The maximum atomic E-state index is 13.4. The van der Waals surface area contributed by atoms with Crippen molar-refractivity contribution in [1.29, 1.82) is 0 Å². The molecule has 88 valence electrons. The third kappa shape index (κ3) is 3.22. The van der Waals surface area contributed by atoms with Crippen molar-refractivity contribution < 1.29 is 18.7 Å². The summed E-state index contributed by atoms with van der Waals surface area (Å²) in [5.41, 5.74) is 0.267. The second kappa shape index (κ2) is 5.49. The average molecular weight is 226 g/mol. The molecular weight excluding hydrogens is 211 g/mol. The first kappa shape index (κ1) is 12.5. The van der Waals surface area contributed by atoms with E-state index in [-0.39, 0.29) is 11.7 Å². The summed E-state index contributed by atoms with van der Waals surface area (Å²) in [7, 11) is 1.16. The number of hydrogen-bond acceptors (Lipinski definition) is 3. The number of alkyl halides is 1. The summed E-state index contributed by atoms with van der Waals surface area (Å²) in [5.74, 6) is -0.242. The van der Waals surface area contributed by atoms with Gasteiger partial charge in [0, 0.05) is 0 Å². The predicted molar refractivity (Wildman–Crippen MR) is 58.1 cm³/mol. The molecule has 0 aliphatic rings. The Morgan fingerprint density at radius 1 is 1.25 bits per heavy atom. The van der Waals surface area contributed by atoms with Crippen LogP contribution in [0.5, 0.6) is 5.75 Å². The molecule has 0 saturated carbocycles. The molecule has 4 heteroatoms. The Morgan fingerprint density at radius 2 is 1.81 bits per heavy atom. The number of halogens is 1. The van der Waals surface area contributed by atoms with Crippen molar-refractivity contribution in [2.24, 2.45) is 0 Å². The molecule has 16 heavy (non-hydrogen) atoms. The Bertz CT molecular complexity index is 346. The number of rotatable bonds is 4. The van der Waals surface area contributed by atoms with Gasteiger partial charge in [-0.1, -0.05) is 12.1 Å². The van der Waals surface area contributed by atoms with Crippen molar-refractivity contribution in [3.63, 3.8) is 0 Å². The number of hydrogen-bond donors (Lipinski definition) is 0. The van der Waals surface area contributed by atoms with Crippen molar-refractivity contribution >= 4 is 5.97 Å². The van der Waals surface area contributed by atoms with Crippen molar-refractivity contribution in [3.8, 4) is 5.75 Å². The molecule has 1 rings (SSSR count). The van der Waals surface area contributed by atoms with Crippen LogP contribution in [0, 0.1) is 0 Å². The summed E-state index contributed by atoms with van der Waals surface area (Å²) in [6.07, 6.45) is -1.68. The maximum absolute atomic E-state index is 13.4. The van der Waals surface area contributed by atoms with Crippen LogP contribution in [0.3, 0.4) is 0 Å². The first-order chi connectivity index (χ1) is 7.54. The Morgan fingerprint density at radius 3 is 2.25 bits per heavy atom. The van der Waals surface area contributed by atoms with Crippen LogP contribution in [0.4, 0.5) is 4.39 Å². The Labute approximate surface area is 94.2 Å². The Balaban J connectivity index is 2.74. The van der Waals surface area contributed by atoms with E-state index in [1.807, 2.05) is 13.8 Å². The monoisotopic (exact) mass is 226 g/mol. The van der Waals surface area contributed by atoms with Crippen LogP contribution >= 0.6 is 0 Å². The minimum absolute atomic E-state index is 0.0626. The fourth-order valence-corrected chi connectivity index (χ4v) is 1.23. The smallest absolute Gasteiger partial charge is 0.345 e. The van der Waals surface area contributed by atoms with E-state index < -0.39 is 12.1 Å². The number of carbonyl (C=O) groups excluding carboxylic acids is 1. The van der Waals surface area contributed by atoms with Crippen LogP contribution < -0.4 is 4.74 Å². The summed E-state index contributed by atoms with van der Waals surface area (Å²) in [5, 5.41) is 0. The molecule has 0 radical (unpaired) electrons. The summed E-state index contributed by atoms with van der Waals surface area (Å²) in [6, 6.07) is 6.29. The van der Waals surface area contributed by atoms with E-state index in [1.165, 1.54) is 12.1 Å². The SMILES string of the molecule is COC(=O)C(F)c1ccc(OC(C)C)cc1. The molecule has 0 heterocycles. The van der Waals surface area contributed by atoms with Crippen LogP contribution in [-0.2, 0) is 9.53 Å². The van der Waals surface area contributed by atoms with Crippen molar-refractivity contribution in [2.45, 2.75) is 26.1 Å². The van der Waals surface area contributed by atoms with E-state index in [9.17, 15) is 9.18 Å². The van der Waals surface area contributed by atoms with Gasteiger partial charge >= 0.3 is 5.97 Å². The van der Waals surface area contributed by atoms with Gasteiger partial charge in [-0.15, -0.1) is 0 Å². The van der Waals surface area contributed by atoms with Gasteiger partial charge in [-0.05, 0) is 31.5 Å². The number of ether oxygens (including phenoxy) is 2. The molecule has 1 aromatic carbocycles. The van der Waals surface area contributed by atoms with Crippen molar-refractivity contribution in [2.75, 3.05) is 7.11 Å². The van der Waals surface area contributed by atoms with Gasteiger partial charge in [0.25, 0.3) is 0 Å². The molecule has 0 N–H and O–H groups in total. The number of methoxy groups -OCH3 is 1. The van der Waals surface area contributed by atoms with Gasteiger partial charge in [-0.2, -0.15) is 0 Å². The highest BCUT2D eigenvalue weighted by molar-refractivity contribution is 5.76. The predicted octanol–water partition coefficient (Wildman–Crippen LogP) is 2.66. The van der Waals surface area contributed by atoms with Gasteiger partial charge in [-0.25, -0.2) is 9.18 Å². The minimum atomic E-state index is -1.74. The van der Waals surface area contributed by atoms with Crippen LogP contribution in [0.15, 0.2) is 24.3 Å².